The molecule has 132 valence electrons. The Kier molecular flexibility index (Phi) is 5.75. The first-order valence-corrected chi connectivity index (χ1v) is 9.11. The summed E-state index contributed by atoms with van der Waals surface area (Å²) in [5.74, 6) is -0.0524. The van der Waals surface area contributed by atoms with Crippen molar-refractivity contribution in [2.24, 2.45) is 0 Å². The molecule has 3 aromatic rings. The molecule has 0 spiro atoms. The predicted octanol–water partition coefficient (Wildman–Crippen LogP) is 6.21. The van der Waals surface area contributed by atoms with Crippen molar-refractivity contribution in [1.82, 2.24) is 0 Å². The van der Waals surface area contributed by atoms with E-state index in [0.29, 0.717) is 10.6 Å². The third kappa shape index (κ3) is 3.97. The van der Waals surface area contributed by atoms with Crippen molar-refractivity contribution in [3.8, 4) is 5.75 Å². The molecule has 2 unspecified atom stereocenters. The standard InChI is InChI=1S/C23H21ClO2/c1-2-21(16-8-12-19(24)13-9-16)22(17-6-4-3-5-7-17)23(26)18-10-14-20(25)15-11-18/h3-15,21-22,25H,2H2,1H3. The highest BCUT2D eigenvalue weighted by Gasteiger charge is 2.30. The average Bonchev–Trinajstić information content (AvgIpc) is 2.68. The highest BCUT2D eigenvalue weighted by molar-refractivity contribution is 6.30. The lowest BCUT2D eigenvalue weighted by Crippen LogP contribution is -2.20. The number of carbonyl (C=O) groups is 1. The van der Waals surface area contributed by atoms with E-state index in [0.717, 1.165) is 17.5 Å². The minimum atomic E-state index is -0.299. The number of phenols is 1. The molecule has 3 rings (SSSR count). The van der Waals surface area contributed by atoms with Crippen LogP contribution in [0.1, 0.15) is 46.7 Å². The lowest BCUT2D eigenvalue weighted by atomic mass is 9.76. The molecule has 0 bridgehead atoms. The maximum absolute atomic E-state index is 13.4. The maximum Gasteiger partial charge on any atom is 0.170 e. The van der Waals surface area contributed by atoms with Gasteiger partial charge >= 0.3 is 0 Å². The minimum Gasteiger partial charge on any atom is -0.508 e. The van der Waals surface area contributed by atoms with Crippen molar-refractivity contribution in [2.75, 3.05) is 0 Å². The zero-order valence-corrected chi connectivity index (χ0v) is 15.4. The Labute approximate surface area is 159 Å². The molecular weight excluding hydrogens is 344 g/mol. The quantitative estimate of drug-likeness (QED) is 0.528. The van der Waals surface area contributed by atoms with Crippen molar-refractivity contribution in [3.63, 3.8) is 0 Å². The number of aromatic hydroxyl groups is 1. The van der Waals surface area contributed by atoms with Gasteiger partial charge in [0.05, 0.1) is 5.92 Å². The molecule has 0 heterocycles. The molecule has 26 heavy (non-hydrogen) atoms. The minimum absolute atomic E-state index is 0.0379. The first-order chi connectivity index (χ1) is 12.6. The second-order valence-electron chi connectivity index (χ2n) is 6.37. The fraction of sp³-hybridized carbons (Fsp3) is 0.174. The number of rotatable bonds is 6. The van der Waals surface area contributed by atoms with Crippen molar-refractivity contribution in [3.05, 3.63) is 101 Å². The molecule has 0 fully saturated rings. The number of carbonyl (C=O) groups excluding carboxylic acids is 1. The third-order valence-electron chi connectivity index (χ3n) is 4.73. The topological polar surface area (TPSA) is 37.3 Å². The van der Waals surface area contributed by atoms with Crippen LogP contribution in [-0.4, -0.2) is 10.9 Å². The van der Waals surface area contributed by atoms with Crippen molar-refractivity contribution in [2.45, 2.75) is 25.2 Å². The Morgan fingerprint density at radius 3 is 2.08 bits per heavy atom. The van der Waals surface area contributed by atoms with Gasteiger partial charge in [-0.25, -0.2) is 0 Å². The summed E-state index contributed by atoms with van der Waals surface area (Å²) in [5.41, 5.74) is 2.69. The molecule has 3 aromatic carbocycles. The van der Waals surface area contributed by atoms with E-state index < -0.39 is 0 Å². The summed E-state index contributed by atoms with van der Waals surface area (Å²) in [6.07, 6.45) is 0.824. The molecule has 0 aliphatic heterocycles. The summed E-state index contributed by atoms with van der Waals surface area (Å²) in [4.78, 5) is 13.4. The fourth-order valence-corrected chi connectivity index (χ4v) is 3.53. The smallest absolute Gasteiger partial charge is 0.170 e. The molecule has 2 nitrogen and oxygen atoms in total. The molecular formula is C23H21ClO2. The second-order valence-corrected chi connectivity index (χ2v) is 6.80. The lowest BCUT2D eigenvalue weighted by Gasteiger charge is -2.26. The van der Waals surface area contributed by atoms with Gasteiger partial charge in [0.25, 0.3) is 0 Å². The number of hydrogen-bond donors (Lipinski definition) is 1. The van der Waals surface area contributed by atoms with Crippen LogP contribution >= 0.6 is 11.6 Å². The molecule has 1 N–H and O–H groups in total. The zero-order chi connectivity index (χ0) is 18.5. The molecule has 0 radical (unpaired) electrons. The molecule has 3 heteroatoms. The van der Waals surface area contributed by atoms with Crippen molar-refractivity contribution in [1.29, 1.82) is 0 Å². The Bertz CT molecular complexity index is 855. The average molecular weight is 365 g/mol. The Morgan fingerprint density at radius 1 is 0.885 bits per heavy atom. The van der Waals surface area contributed by atoms with Crippen LogP contribution in [0.2, 0.25) is 5.02 Å². The Morgan fingerprint density at radius 2 is 1.50 bits per heavy atom. The van der Waals surface area contributed by atoms with Gasteiger partial charge in [-0.2, -0.15) is 0 Å². The number of benzene rings is 3. The van der Waals surface area contributed by atoms with Gasteiger partial charge in [-0.15, -0.1) is 0 Å². The monoisotopic (exact) mass is 364 g/mol. The fourth-order valence-electron chi connectivity index (χ4n) is 3.41. The van der Waals surface area contributed by atoms with Crippen LogP contribution in [0.4, 0.5) is 0 Å². The lowest BCUT2D eigenvalue weighted by molar-refractivity contribution is 0.0945. The van der Waals surface area contributed by atoms with E-state index >= 15 is 0 Å². The molecule has 0 amide bonds. The van der Waals surface area contributed by atoms with Crippen LogP contribution in [0.25, 0.3) is 0 Å². The van der Waals surface area contributed by atoms with E-state index in [2.05, 4.69) is 6.92 Å². The molecule has 0 aliphatic rings. The first kappa shape index (κ1) is 18.2. The van der Waals surface area contributed by atoms with Gasteiger partial charge in [-0.05, 0) is 59.9 Å². The number of Topliss-reactive ketones (excluding diaryl/α,β-unsaturated/α-hetero) is 1. The molecule has 2 atom stereocenters. The first-order valence-electron chi connectivity index (χ1n) is 8.73. The van der Waals surface area contributed by atoms with Crippen LogP contribution in [0.3, 0.4) is 0 Å². The second kappa shape index (κ2) is 8.20. The molecule has 0 aromatic heterocycles. The molecule has 0 saturated heterocycles. The Hall–Kier alpha value is -2.58. The number of halogens is 1. The highest BCUT2D eigenvalue weighted by Crippen LogP contribution is 2.38. The van der Waals surface area contributed by atoms with E-state index in [9.17, 15) is 9.90 Å². The van der Waals surface area contributed by atoms with Gasteiger partial charge in [-0.1, -0.05) is 61.0 Å². The van der Waals surface area contributed by atoms with E-state index in [1.54, 1.807) is 24.3 Å². The van der Waals surface area contributed by atoms with Crippen molar-refractivity contribution < 1.29 is 9.90 Å². The largest absolute Gasteiger partial charge is 0.508 e. The zero-order valence-electron chi connectivity index (χ0n) is 14.6. The van der Waals surface area contributed by atoms with Crippen LogP contribution in [0.5, 0.6) is 5.75 Å². The number of hydrogen-bond acceptors (Lipinski definition) is 2. The van der Waals surface area contributed by atoms with Crippen LogP contribution in [-0.2, 0) is 0 Å². The summed E-state index contributed by atoms with van der Waals surface area (Å²) in [6.45, 7) is 2.10. The van der Waals surface area contributed by atoms with Crippen molar-refractivity contribution >= 4 is 17.4 Å². The van der Waals surface area contributed by atoms with E-state index in [-0.39, 0.29) is 23.4 Å². The maximum atomic E-state index is 13.4. The summed E-state index contributed by atoms with van der Waals surface area (Å²) in [6, 6.07) is 24.1. The van der Waals surface area contributed by atoms with Crippen LogP contribution < -0.4 is 0 Å². The number of phenolic OH excluding ortho intramolecular Hbond substituents is 1. The van der Waals surface area contributed by atoms with Gasteiger partial charge in [0.1, 0.15) is 5.75 Å². The summed E-state index contributed by atoms with van der Waals surface area (Å²) >= 11 is 6.04. The SMILES string of the molecule is CCC(c1ccc(Cl)cc1)C(C(=O)c1ccc(O)cc1)c1ccccc1. The van der Waals surface area contributed by atoms with Gasteiger partial charge in [0.2, 0.25) is 0 Å². The van der Waals surface area contributed by atoms with E-state index in [4.69, 9.17) is 11.6 Å². The summed E-state index contributed by atoms with van der Waals surface area (Å²) < 4.78 is 0. The third-order valence-corrected chi connectivity index (χ3v) is 4.99. The van der Waals surface area contributed by atoms with Gasteiger partial charge in [0, 0.05) is 10.6 Å². The highest BCUT2D eigenvalue weighted by atomic mass is 35.5. The molecule has 0 saturated carbocycles. The Balaban J connectivity index is 2.06. The molecule has 0 aliphatic carbocycles. The summed E-state index contributed by atoms with van der Waals surface area (Å²) in [5, 5.41) is 10.2. The van der Waals surface area contributed by atoms with Gasteiger partial charge in [0.15, 0.2) is 5.78 Å². The van der Waals surface area contributed by atoms with Crippen LogP contribution in [0.15, 0.2) is 78.9 Å². The predicted molar refractivity (Wildman–Crippen MR) is 106 cm³/mol. The normalized spacial score (nSPS) is 13.2. The van der Waals surface area contributed by atoms with E-state index in [1.165, 1.54) is 0 Å². The van der Waals surface area contributed by atoms with E-state index in [1.807, 2.05) is 54.6 Å². The van der Waals surface area contributed by atoms with Gasteiger partial charge < -0.3 is 5.11 Å². The number of ketones is 1. The van der Waals surface area contributed by atoms with Crippen LogP contribution in [0, 0.1) is 0 Å². The summed E-state index contributed by atoms with van der Waals surface area (Å²) in [7, 11) is 0. The van der Waals surface area contributed by atoms with Gasteiger partial charge in [-0.3, -0.25) is 4.79 Å².